The van der Waals surface area contributed by atoms with Crippen LogP contribution in [0.2, 0.25) is 5.02 Å². The van der Waals surface area contributed by atoms with Gasteiger partial charge in [-0.05, 0) is 43.4 Å². The molecule has 1 rings (SSSR count). The van der Waals surface area contributed by atoms with Gasteiger partial charge in [-0.2, -0.15) is 0 Å². The fraction of sp³-hybridized carbons (Fsp3) is 0.133. The molecule has 0 aliphatic heterocycles. The fourth-order valence-corrected chi connectivity index (χ4v) is 1.64. The van der Waals surface area contributed by atoms with Crippen LogP contribution in [0, 0.1) is 0 Å². The number of amides is 1. The Kier molecular flexibility index (Phi) is 7.28. The van der Waals surface area contributed by atoms with E-state index in [1.165, 1.54) is 13.1 Å². The SMILES string of the molecule is C=CCNC(=S)N=CC(C(=O)Nc1ccc(Cl)cc1)=C(C)O. The summed E-state index contributed by atoms with van der Waals surface area (Å²) in [5.74, 6) is -0.667. The highest BCUT2D eigenvalue weighted by Crippen LogP contribution is 2.14. The van der Waals surface area contributed by atoms with E-state index in [9.17, 15) is 9.90 Å². The third-order valence-electron chi connectivity index (χ3n) is 2.45. The molecular weight excluding hydrogens is 322 g/mol. The van der Waals surface area contributed by atoms with E-state index >= 15 is 0 Å². The highest BCUT2D eigenvalue weighted by atomic mass is 35.5. The number of anilines is 1. The molecule has 0 heterocycles. The van der Waals surface area contributed by atoms with Crippen LogP contribution in [0.25, 0.3) is 0 Å². The summed E-state index contributed by atoms with van der Waals surface area (Å²) in [5.41, 5.74) is 0.562. The Morgan fingerprint density at radius 1 is 1.45 bits per heavy atom. The van der Waals surface area contributed by atoms with E-state index in [1.807, 2.05) is 0 Å². The van der Waals surface area contributed by atoms with Crippen molar-refractivity contribution in [2.24, 2.45) is 4.99 Å². The van der Waals surface area contributed by atoms with Crippen LogP contribution < -0.4 is 10.6 Å². The molecule has 7 heteroatoms. The largest absolute Gasteiger partial charge is 0.512 e. The highest BCUT2D eigenvalue weighted by molar-refractivity contribution is 7.80. The monoisotopic (exact) mass is 337 g/mol. The van der Waals surface area contributed by atoms with Gasteiger partial charge in [0.2, 0.25) is 0 Å². The normalized spacial score (nSPS) is 11.7. The number of aliphatic hydroxyl groups is 1. The molecule has 3 N–H and O–H groups in total. The van der Waals surface area contributed by atoms with Crippen molar-refractivity contribution in [3.05, 3.63) is 53.3 Å². The Balaban J connectivity index is 2.79. The van der Waals surface area contributed by atoms with Gasteiger partial charge in [0.1, 0.15) is 5.76 Å². The molecule has 22 heavy (non-hydrogen) atoms. The average molecular weight is 338 g/mol. The van der Waals surface area contributed by atoms with Crippen molar-refractivity contribution in [1.82, 2.24) is 5.32 Å². The summed E-state index contributed by atoms with van der Waals surface area (Å²) in [6, 6.07) is 6.60. The second-order valence-electron chi connectivity index (χ2n) is 4.19. The minimum absolute atomic E-state index is 0.0118. The second kappa shape index (κ2) is 8.96. The molecule has 5 nitrogen and oxygen atoms in total. The van der Waals surface area contributed by atoms with Gasteiger partial charge in [-0.25, -0.2) is 4.99 Å². The maximum Gasteiger partial charge on any atom is 0.260 e. The number of thiocarbonyl (C=S) groups is 1. The summed E-state index contributed by atoms with van der Waals surface area (Å²) < 4.78 is 0. The van der Waals surface area contributed by atoms with Gasteiger partial charge in [-0.1, -0.05) is 17.7 Å². The quantitative estimate of drug-likeness (QED) is 0.253. The zero-order valence-electron chi connectivity index (χ0n) is 12.0. The van der Waals surface area contributed by atoms with Crippen LogP contribution in [0.5, 0.6) is 0 Å². The first-order valence-corrected chi connectivity index (χ1v) is 7.12. The Morgan fingerprint density at radius 2 is 2.09 bits per heavy atom. The average Bonchev–Trinajstić information content (AvgIpc) is 2.47. The number of carbonyl (C=O) groups excluding carboxylic acids is 1. The van der Waals surface area contributed by atoms with Crippen LogP contribution in [0.1, 0.15) is 6.92 Å². The Morgan fingerprint density at radius 3 is 2.64 bits per heavy atom. The predicted molar refractivity (Wildman–Crippen MR) is 94.7 cm³/mol. The van der Waals surface area contributed by atoms with Gasteiger partial charge in [0, 0.05) is 23.5 Å². The minimum Gasteiger partial charge on any atom is -0.512 e. The van der Waals surface area contributed by atoms with Crippen molar-refractivity contribution in [3.8, 4) is 0 Å². The van der Waals surface area contributed by atoms with Crippen LogP contribution in [0.4, 0.5) is 5.69 Å². The molecule has 0 saturated heterocycles. The van der Waals surface area contributed by atoms with Crippen molar-refractivity contribution in [3.63, 3.8) is 0 Å². The van der Waals surface area contributed by atoms with Gasteiger partial charge < -0.3 is 15.7 Å². The molecule has 116 valence electrons. The molecule has 0 fully saturated rings. The summed E-state index contributed by atoms with van der Waals surface area (Å²) >= 11 is 10.7. The maximum absolute atomic E-state index is 12.1. The molecule has 0 aliphatic carbocycles. The van der Waals surface area contributed by atoms with Crippen LogP contribution in [-0.2, 0) is 4.79 Å². The standard InChI is InChI=1S/C15H16ClN3O2S/c1-3-8-17-15(22)18-9-13(10(2)20)14(21)19-12-6-4-11(16)5-7-12/h3-7,9,20H,1,8H2,2H3,(H,17,22)(H,19,21). The molecular formula is C15H16ClN3O2S. The van der Waals surface area contributed by atoms with E-state index in [4.69, 9.17) is 23.8 Å². The van der Waals surface area contributed by atoms with E-state index in [0.717, 1.165) is 0 Å². The van der Waals surface area contributed by atoms with Gasteiger partial charge >= 0.3 is 0 Å². The number of nitrogens with zero attached hydrogens (tertiary/aromatic N) is 1. The number of aliphatic hydroxyl groups excluding tert-OH is 1. The highest BCUT2D eigenvalue weighted by Gasteiger charge is 2.11. The number of benzene rings is 1. The molecule has 0 bridgehead atoms. The van der Waals surface area contributed by atoms with Crippen molar-refractivity contribution >= 4 is 46.7 Å². The van der Waals surface area contributed by atoms with Gasteiger partial charge in [-0.15, -0.1) is 6.58 Å². The number of halogens is 1. The van der Waals surface area contributed by atoms with Crippen LogP contribution in [0.15, 0.2) is 53.2 Å². The van der Waals surface area contributed by atoms with Gasteiger partial charge in [0.15, 0.2) is 5.11 Å². The van der Waals surface area contributed by atoms with Crippen molar-refractivity contribution in [2.45, 2.75) is 6.92 Å². The Hall–Kier alpha value is -2.18. The Labute approximate surface area is 139 Å². The lowest BCUT2D eigenvalue weighted by Crippen LogP contribution is -2.21. The molecule has 0 aromatic heterocycles. The third-order valence-corrected chi connectivity index (χ3v) is 2.95. The summed E-state index contributed by atoms with van der Waals surface area (Å²) in [4.78, 5) is 16.0. The molecule has 0 spiro atoms. The summed E-state index contributed by atoms with van der Waals surface area (Å²) in [6.45, 7) is 5.39. The first-order valence-electron chi connectivity index (χ1n) is 6.33. The van der Waals surface area contributed by atoms with Crippen LogP contribution >= 0.6 is 23.8 Å². The Bertz CT molecular complexity index is 620. The number of rotatable bonds is 5. The topological polar surface area (TPSA) is 73.7 Å². The molecule has 0 radical (unpaired) electrons. The summed E-state index contributed by atoms with van der Waals surface area (Å²) in [5, 5.41) is 15.8. The third kappa shape index (κ3) is 6.07. The first-order chi connectivity index (χ1) is 10.4. The van der Waals surface area contributed by atoms with Crippen molar-refractivity contribution < 1.29 is 9.90 Å². The van der Waals surface area contributed by atoms with Gasteiger partial charge in [-0.3, -0.25) is 4.79 Å². The lowest BCUT2D eigenvalue weighted by atomic mass is 10.2. The van der Waals surface area contributed by atoms with Crippen molar-refractivity contribution in [1.29, 1.82) is 0 Å². The van der Waals surface area contributed by atoms with Gasteiger partial charge in [0.25, 0.3) is 5.91 Å². The first kappa shape index (κ1) is 17.9. The number of aliphatic imine (C=N–C) groups is 1. The molecule has 1 aromatic carbocycles. The molecule has 0 atom stereocenters. The second-order valence-corrected chi connectivity index (χ2v) is 5.02. The number of hydrogen-bond acceptors (Lipinski definition) is 3. The number of hydrogen-bond donors (Lipinski definition) is 3. The lowest BCUT2D eigenvalue weighted by Gasteiger charge is -2.07. The molecule has 1 amide bonds. The van der Waals surface area contributed by atoms with Crippen LogP contribution in [-0.4, -0.2) is 28.9 Å². The van der Waals surface area contributed by atoms with E-state index < -0.39 is 5.91 Å². The number of carbonyl (C=O) groups is 1. The van der Waals surface area contributed by atoms with Crippen molar-refractivity contribution in [2.75, 3.05) is 11.9 Å². The van der Waals surface area contributed by atoms with E-state index in [1.54, 1.807) is 30.3 Å². The van der Waals surface area contributed by atoms with E-state index in [-0.39, 0.29) is 16.4 Å². The maximum atomic E-state index is 12.1. The smallest absolute Gasteiger partial charge is 0.260 e. The summed E-state index contributed by atoms with van der Waals surface area (Å²) in [6.07, 6.45) is 2.84. The van der Waals surface area contributed by atoms with Crippen LogP contribution in [0.3, 0.4) is 0 Å². The predicted octanol–water partition coefficient (Wildman–Crippen LogP) is 3.24. The number of nitrogens with one attached hydrogen (secondary N) is 2. The van der Waals surface area contributed by atoms with Gasteiger partial charge in [0.05, 0.1) is 5.57 Å². The lowest BCUT2D eigenvalue weighted by molar-refractivity contribution is -0.112. The molecule has 0 unspecified atom stereocenters. The zero-order chi connectivity index (χ0) is 16.5. The minimum atomic E-state index is -0.502. The molecule has 1 aromatic rings. The fourth-order valence-electron chi connectivity index (χ4n) is 1.38. The molecule has 0 saturated carbocycles. The summed E-state index contributed by atoms with van der Waals surface area (Å²) in [7, 11) is 0. The molecule has 0 aliphatic rings. The van der Waals surface area contributed by atoms with E-state index in [0.29, 0.717) is 17.3 Å². The van der Waals surface area contributed by atoms with E-state index in [2.05, 4.69) is 22.2 Å². The number of allylic oxidation sites excluding steroid dienone is 1. The zero-order valence-corrected chi connectivity index (χ0v) is 13.5.